The molecule has 0 spiro atoms. The third-order valence-corrected chi connectivity index (χ3v) is 7.00. The zero-order valence-electron chi connectivity index (χ0n) is 18.9. The standard InChI is InChI=1S/C29H34N2O/c1-2-10-26(11-3-1)31-20-17-24-8-4-5-12-28(24)29(31)22-23-13-15-27(16-14-23)32-21-18-25-9-6-7-19-30-25/h1-5,8,10-16,25,29-30H,6-7,9,17-22H2. The highest BCUT2D eigenvalue weighted by Gasteiger charge is 2.27. The predicted octanol–water partition coefficient (Wildman–Crippen LogP) is 5.94. The number of para-hydroxylation sites is 1. The Kier molecular flexibility index (Phi) is 6.74. The fraction of sp³-hybridized carbons (Fsp3) is 0.379. The zero-order chi connectivity index (χ0) is 21.6. The van der Waals surface area contributed by atoms with Crippen molar-refractivity contribution in [1.82, 2.24) is 5.32 Å². The van der Waals surface area contributed by atoms with Gasteiger partial charge in [-0.3, -0.25) is 0 Å². The van der Waals surface area contributed by atoms with Gasteiger partial charge in [0, 0.05) is 18.3 Å². The van der Waals surface area contributed by atoms with Gasteiger partial charge >= 0.3 is 0 Å². The predicted molar refractivity (Wildman–Crippen MR) is 133 cm³/mol. The molecule has 5 rings (SSSR count). The number of piperidine rings is 1. The lowest BCUT2D eigenvalue weighted by atomic mass is 9.88. The van der Waals surface area contributed by atoms with Gasteiger partial charge in [-0.25, -0.2) is 0 Å². The summed E-state index contributed by atoms with van der Waals surface area (Å²) in [6, 6.07) is 29.6. The van der Waals surface area contributed by atoms with Crippen molar-refractivity contribution in [3.63, 3.8) is 0 Å². The maximum absolute atomic E-state index is 6.05. The first-order valence-corrected chi connectivity index (χ1v) is 12.2. The van der Waals surface area contributed by atoms with E-state index in [0.29, 0.717) is 12.1 Å². The van der Waals surface area contributed by atoms with Gasteiger partial charge in [0.05, 0.1) is 12.6 Å². The fourth-order valence-corrected chi connectivity index (χ4v) is 5.23. The van der Waals surface area contributed by atoms with Crippen LogP contribution >= 0.6 is 0 Å². The van der Waals surface area contributed by atoms with Crippen molar-refractivity contribution in [2.75, 3.05) is 24.6 Å². The Bertz CT molecular complexity index is 980. The number of ether oxygens (including phenoxy) is 1. The smallest absolute Gasteiger partial charge is 0.119 e. The molecule has 2 unspecified atom stereocenters. The molecule has 3 aromatic carbocycles. The van der Waals surface area contributed by atoms with Crippen molar-refractivity contribution in [1.29, 1.82) is 0 Å². The molecule has 1 fully saturated rings. The Morgan fingerprint density at radius 1 is 0.875 bits per heavy atom. The van der Waals surface area contributed by atoms with E-state index >= 15 is 0 Å². The van der Waals surface area contributed by atoms with Crippen LogP contribution in [0.4, 0.5) is 5.69 Å². The lowest BCUT2D eigenvalue weighted by molar-refractivity contribution is 0.268. The largest absolute Gasteiger partial charge is 0.494 e. The van der Waals surface area contributed by atoms with Crippen LogP contribution < -0.4 is 15.0 Å². The Hall–Kier alpha value is -2.78. The summed E-state index contributed by atoms with van der Waals surface area (Å²) in [6.45, 7) is 3.00. The van der Waals surface area contributed by atoms with Gasteiger partial charge in [-0.15, -0.1) is 0 Å². The van der Waals surface area contributed by atoms with Crippen LogP contribution in [0.25, 0.3) is 0 Å². The van der Waals surface area contributed by atoms with Crippen LogP contribution in [0.5, 0.6) is 5.75 Å². The van der Waals surface area contributed by atoms with E-state index in [1.807, 2.05) is 0 Å². The number of nitrogens with zero attached hydrogens (tertiary/aromatic N) is 1. The second-order valence-electron chi connectivity index (χ2n) is 9.13. The van der Waals surface area contributed by atoms with Gasteiger partial charge in [0.15, 0.2) is 0 Å². The molecule has 0 aliphatic carbocycles. The molecule has 0 saturated carbocycles. The molecule has 166 valence electrons. The monoisotopic (exact) mass is 426 g/mol. The molecular formula is C29H34N2O. The first-order chi connectivity index (χ1) is 15.9. The average molecular weight is 427 g/mol. The van der Waals surface area contributed by atoms with Gasteiger partial charge in [-0.2, -0.15) is 0 Å². The van der Waals surface area contributed by atoms with Crippen LogP contribution in [0.1, 0.15) is 48.4 Å². The summed E-state index contributed by atoms with van der Waals surface area (Å²) in [7, 11) is 0. The second-order valence-corrected chi connectivity index (χ2v) is 9.13. The SMILES string of the molecule is c1ccc(N2CCc3ccccc3C2Cc2ccc(OCCC3CCCCN3)cc2)cc1. The van der Waals surface area contributed by atoms with E-state index in [1.165, 1.54) is 41.6 Å². The van der Waals surface area contributed by atoms with Gasteiger partial charge in [-0.1, -0.05) is 61.0 Å². The average Bonchev–Trinajstić information content (AvgIpc) is 2.86. The topological polar surface area (TPSA) is 24.5 Å². The summed E-state index contributed by atoms with van der Waals surface area (Å²) < 4.78 is 6.05. The minimum absolute atomic E-state index is 0.353. The number of fused-ring (bicyclic) bond motifs is 1. The molecule has 2 heterocycles. The highest BCUT2D eigenvalue weighted by atomic mass is 16.5. The molecule has 3 nitrogen and oxygen atoms in total. The van der Waals surface area contributed by atoms with Crippen LogP contribution in [-0.4, -0.2) is 25.7 Å². The molecule has 2 aliphatic rings. The van der Waals surface area contributed by atoms with Gasteiger partial charge in [0.25, 0.3) is 0 Å². The highest BCUT2D eigenvalue weighted by molar-refractivity contribution is 5.52. The molecular weight excluding hydrogens is 392 g/mol. The molecule has 3 heteroatoms. The minimum atomic E-state index is 0.353. The van der Waals surface area contributed by atoms with Crippen molar-refractivity contribution in [3.05, 3.63) is 95.6 Å². The fourth-order valence-electron chi connectivity index (χ4n) is 5.23. The summed E-state index contributed by atoms with van der Waals surface area (Å²) in [5.41, 5.74) is 5.61. The number of anilines is 1. The Morgan fingerprint density at radius 3 is 2.50 bits per heavy atom. The van der Waals surface area contributed by atoms with Crippen molar-refractivity contribution in [2.24, 2.45) is 0 Å². The Balaban J connectivity index is 1.27. The van der Waals surface area contributed by atoms with Crippen LogP contribution in [0.15, 0.2) is 78.9 Å². The van der Waals surface area contributed by atoms with Crippen LogP contribution in [0.3, 0.4) is 0 Å². The maximum atomic E-state index is 6.05. The van der Waals surface area contributed by atoms with Gasteiger partial charge < -0.3 is 15.0 Å². The Morgan fingerprint density at radius 2 is 1.69 bits per heavy atom. The lowest BCUT2D eigenvalue weighted by Gasteiger charge is -2.39. The van der Waals surface area contributed by atoms with Gasteiger partial charge in [0.2, 0.25) is 0 Å². The van der Waals surface area contributed by atoms with E-state index in [0.717, 1.165) is 44.7 Å². The molecule has 0 bridgehead atoms. The van der Waals surface area contributed by atoms with Crippen molar-refractivity contribution < 1.29 is 4.74 Å². The second kappa shape index (κ2) is 10.2. The summed E-state index contributed by atoms with van der Waals surface area (Å²) in [6.07, 6.45) is 7.13. The van der Waals surface area contributed by atoms with Gasteiger partial charge in [0.1, 0.15) is 5.75 Å². The van der Waals surface area contributed by atoms with Crippen molar-refractivity contribution in [3.8, 4) is 5.75 Å². The quantitative estimate of drug-likeness (QED) is 0.506. The highest BCUT2D eigenvalue weighted by Crippen LogP contribution is 2.36. The van der Waals surface area contributed by atoms with Crippen LogP contribution in [0, 0.1) is 0 Å². The van der Waals surface area contributed by atoms with Crippen molar-refractivity contribution in [2.45, 2.75) is 50.6 Å². The summed E-state index contributed by atoms with van der Waals surface area (Å²) in [4.78, 5) is 2.57. The summed E-state index contributed by atoms with van der Waals surface area (Å²) >= 11 is 0. The van der Waals surface area contributed by atoms with Gasteiger partial charge in [-0.05, 0) is 79.6 Å². The molecule has 2 aliphatic heterocycles. The number of nitrogens with one attached hydrogen (secondary N) is 1. The van der Waals surface area contributed by atoms with E-state index in [2.05, 4.69) is 89.1 Å². The first kappa shape index (κ1) is 21.1. The Labute approximate surface area is 192 Å². The summed E-state index contributed by atoms with van der Waals surface area (Å²) in [5.74, 6) is 0.980. The number of benzene rings is 3. The minimum Gasteiger partial charge on any atom is -0.494 e. The normalized spacial score (nSPS) is 20.6. The molecule has 0 amide bonds. The molecule has 1 saturated heterocycles. The molecule has 2 atom stereocenters. The van der Waals surface area contributed by atoms with E-state index in [4.69, 9.17) is 4.74 Å². The van der Waals surface area contributed by atoms with E-state index in [1.54, 1.807) is 0 Å². The zero-order valence-corrected chi connectivity index (χ0v) is 18.9. The number of hydrogen-bond acceptors (Lipinski definition) is 3. The van der Waals surface area contributed by atoms with E-state index in [-0.39, 0.29) is 0 Å². The van der Waals surface area contributed by atoms with E-state index < -0.39 is 0 Å². The molecule has 3 aromatic rings. The first-order valence-electron chi connectivity index (χ1n) is 12.2. The molecule has 1 N–H and O–H groups in total. The molecule has 0 aromatic heterocycles. The third-order valence-electron chi connectivity index (χ3n) is 7.00. The summed E-state index contributed by atoms with van der Waals surface area (Å²) in [5, 5.41) is 3.60. The lowest BCUT2D eigenvalue weighted by Crippen LogP contribution is -2.36. The maximum Gasteiger partial charge on any atom is 0.119 e. The van der Waals surface area contributed by atoms with E-state index in [9.17, 15) is 0 Å². The third kappa shape index (κ3) is 4.99. The molecule has 0 radical (unpaired) electrons. The van der Waals surface area contributed by atoms with Crippen molar-refractivity contribution >= 4 is 5.69 Å². The number of hydrogen-bond donors (Lipinski definition) is 1. The van der Waals surface area contributed by atoms with Crippen LogP contribution in [0.2, 0.25) is 0 Å². The number of rotatable bonds is 7. The molecule has 32 heavy (non-hydrogen) atoms. The van der Waals surface area contributed by atoms with Crippen LogP contribution in [-0.2, 0) is 12.8 Å².